The zero-order valence-electron chi connectivity index (χ0n) is 13.6. The van der Waals surface area contributed by atoms with Gasteiger partial charge in [0.15, 0.2) is 5.78 Å². The SMILES string of the molecule is O=C(c1ccccc1)c1ccccc1S(=O)(=O)N1C[C@@H]2C(CO)[C@@H]2C1. The van der Waals surface area contributed by atoms with Crippen LogP contribution in [-0.4, -0.2) is 43.3 Å². The standard InChI is InChI=1S/C19H19NO4S/c21-12-17-15-10-20(11-16(15)17)25(23,24)18-9-5-4-8-14(18)19(22)13-6-2-1-3-7-13/h1-9,15-17,21H,10-12H2/t15-,16+,17?. The van der Waals surface area contributed by atoms with E-state index in [1.165, 1.54) is 10.4 Å². The molecule has 4 rings (SSSR count). The van der Waals surface area contributed by atoms with Crippen LogP contribution in [0.5, 0.6) is 0 Å². The molecule has 1 unspecified atom stereocenters. The summed E-state index contributed by atoms with van der Waals surface area (Å²) in [5.41, 5.74) is 0.669. The highest BCUT2D eigenvalue weighted by Crippen LogP contribution is 2.52. The van der Waals surface area contributed by atoms with Crippen LogP contribution in [0, 0.1) is 17.8 Å². The maximum Gasteiger partial charge on any atom is 0.243 e. The van der Waals surface area contributed by atoms with Gasteiger partial charge < -0.3 is 5.11 Å². The van der Waals surface area contributed by atoms with Crippen LogP contribution in [0.4, 0.5) is 0 Å². The number of piperidine rings is 1. The Morgan fingerprint density at radius 3 is 2.24 bits per heavy atom. The zero-order valence-corrected chi connectivity index (χ0v) is 14.4. The van der Waals surface area contributed by atoms with Gasteiger partial charge in [-0.25, -0.2) is 8.42 Å². The molecule has 3 atom stereocenters. The number of sulfonamides is 1. The van der Waals surface area contributed by atoms with E-state index < -0.39 is 10.0 Å². The van der Waals surface area contributed by atoms with E-state index in [1.807, 2.05) is 6.07 Å². The number of hydrogen-bond acceptors (Lipinski definition) is 4. The summed E-state index contributed by atoms with van der Waals surface area (Å²) in [6.45, 7) is 0.963. The number of nitrogens with zero attached hydrogens (tertiary/aromatic N) is 1. The van der Waals surface area contributed by atoms with Gasteiger partial charge in [0.25, 0.3) is 0 Å². The average Bonchev–Trinajstić information content (AvgIpc) is 3.11. The molecule has 0 amide bonds. The van der Waals surface area contributed by atoms with Gasteiger partial charge in [-0.05, 0) is 29.9 Å². The highest BCUT2D eigenvalue weighted by molar-refractivity contribution is 7.89. The molecule has 2 aromatic carbocycles. The van der Waals surface area contributed by atoms with E-state index in [1.54, 1.807) is 42.5 Å². The number of aliphatic hydroxyl groups excluding tert-OH is 1. The lowest BCUT2D eigenvalue weighted by molar-refractivity contribution is 0.103. The molecule has 1 saturated carbocycles. The Kier molecular flexibility index (Phi) is 3.98. The van der Waals surface area contributed by atoms with E-state index in [4.69, 9.17) is 0 Å². The fourth-order valence-electron chi connectivity index (χ4n) is 3.84. The monoisotopic (exact) mass is 357 g/mol. The topological polar surface area (TPSA) is 74.7 Å². The first kappa shape index (κ1) is 16.4. The Labute approximate surface area is 147 Å². The average molecular weight is 357 g/mol. The number of carbonyl (C=O) groups is 1. The van der Waals surface area contributed by atoms with E-state index in [2.05, 4.69) is 0 Å². The van der Waals surface area contributed by atoms with E-state index in [0.717, 1.165) is 0 Å². The highest BCUT2D eigenvalue weighted by atomic mass is 32.2. The van der Waals surface area contributed by atoms with Gasteiger partial charge in [-0.1, -0.05) is 42.5 Å². The second-order valence-electron chi connectivity index (χ2n) is 6.69. The van der Waals surface area contributed by atoms with Crippen molar-refractivity contribution in [1.82, 2.24) is 4.31 Å². The summed E-state index contributed by atoms with van der Waals surface area (Å²) in [4.78, 5) is 12.8. The largest absolute Gasteiger partial charge is 0.396 e. The van der Waals surface area contributed by atoms with Crippen molar-refractivity contribution in [3.63, 3.8) is 0 Å². The van der Waals surface area contributed by atoms with Gasteiger partial charge in [0.05, 0.1) is 4.90 Å². The smallest absolute Gasteiger partial charge is 0.243 e. The predicted octanol–water partition coefficient (Wildman–Crippen LogP) is 1.78. The first-order chi connectivity index (χ1) is 12.0. The maximum atomic E-state index is 13.1. The quantitative estimate of drug-likeness (QED) is 0.828. The molecule has 1 heterocycles. The first-order valence-electron chi connectivity index (χ1n) is 8.34. The van der Waals surface area contributed by atoms with Gasteiger partial charge in [0.2, 0.25) is 10.0 Å². The van der Waals surface area contributed by atoms with Crippen LogP contribution < -0.4 is 0 Å². The summed E-state index contributed by atoms with van der Waals surface area (Å²) in [5.74, 6) is 0.429. The van der Waals surface area contributed by atoms with Crippen molar-refractivity contribution in [1.29, 1.82) is 0 Å². The van der Waals surface area contributed by atoms with Crippen molar-refractivity contribution in [2.75, 3.05) is 19.7 Å². The maximum absolute atomic E-state index is 13.1. The molecule has 0 aromatic heterocycles. The van der Waals surface area contributed by atoms with E-state index in [9.17, 15) is 18.3 Å². The summed E-state index contributed by atoms with van der Waals surface area (Å²) in [5, 5.41) is 9.25. The Hall–Kier alpha value is -2.02. The second-order valence-corrected chi connectivity index (χ2v) is 8.59. The van der Waals surface area contributed by atoms with Crippen LogP contribution in [0.15, 0.2) is 59.5 Å². The lowest BCUT2D eigenvalue weighted by Gasteiger charge is -2.20. The molecular weight excluding hydrogens is 338 g/mol. The molecule has 0 bridgehead atoms. The van der Waals surface area contributed by atoms with E-state index in [0.29, 0.717) is 18.7 Å². The number of benzene rings is 2. The van der Waals surface area contributed by atoms with Crippen molar-refractivity contribution in [3.8, 4) is 0 Å². The van der Waals surface area contributed by atoms with Crippen LogP contribution >= 0.6 is 0 Å². The Bertz CT molecular complexity index is 898. The van der Waals surface area contributed by atoms with Gasteiger partial charge >= 0.3 is 0 Å². The van der Waals surface area contributed by atoms with Gasteiger partial charge in [-0.3, -0.25) is 4.79 Å². The third-order valence-corrected chi connectivity index (χ3v) is 7.22. The Morgan fingerprint density at radius 1 is 1.00 bits per heavy atom. The molecule has 5 nitrogen and oxygen atoms in total. The van der Waals surface area contributed by atoms with Crippen LogP contribution in [-0.2, 0) is 10.0 Å². The normalized spacial score (nSPS) is 25.6. The number of rotatable bonds is 5. The molecule has 2 fully saturated rings. The molecule has 6 heteroatoms. The molecule has 0 spiro atoms. The summed E-state index contributed by atoms with van der Waals surface area (Å²) >= 11 is 0. The molecule has 1 saturated heterocycles. The minimum Gasteiger partial charge on any atom is -0.396 e. The first-order valence-corrected chi connectivity index (χ1v) is 9.78. The molecule has 2 aromatic rings. The molecule has 2 aliphatic rings. The summed E-state index contributed by atoms with van der Waals surface area (Å²) in [7, 11) is -3.73. The van der Waals surface area contributed by atoms with Crippen LogP contribution in [0.25, 0.3) is 0 Å². The van der Waals surface area contributed by atoms with Crippen molar-refractivity contribution >= 4 is 15.8 Å². The molecule has 25 heavy (non-hydrogen) atoms. The molecule has 130 valence electrons. The van der Waals surface area contributed by atoms with Crippen molar-refractivity contribution in [2.45, 2.75) is 4.90 Å². The van der Waals surface area contributed by atoms with Crippen molar-refractivity contribution in [2.24, 2.45) is 17.8 Å². The van der Waals surface area contributed by atoms with Gasteiger partial charge in [-0.15, -0.1) is 0 Å². The number of carbonyl (C=O) groups excluding carboxylic acids is 1. The van der Waals surface area contributed by atoms with Crippen molar-refractivity contribution in [3.05, 3.63) is 65.7 Å². The molecule has 1 aliphatic heterocycles. The van der Waals surface area contributed by atoms with E-state index >= 15 is 0 Å². The Morgan fingerprint density at radius 2 is 1.60 bits per heavy atom. The number of ketones is 1. The molecule has 1 aliphatic carbocycles. The third kappa shape index (κ3) is 2.70. The van der Waals surface area contributed by atoms with Crippen LogP contribution in [0.2, 0.25) is 0 Å². The fraction of sp³-hybridized carbons (Fsp3) is 0.316. The van der Waals surface area contributed by atoms with Crippen molar-refractivity contribution < 1.29 is 18.3 Å². The molecular formula is C19H19NO4S. The summed E-state index contributed by atoms with van der Waals surface area (Å²) in [6.07, 6.45) is 0. The minimum absolute atomic E-state index is 0.0608. The predicted molar refractivity (Wildman–Crippen MR) is 92.6 cm³/mol. The van der Waals surface area contributed by atoms with E-state index in [-0.39, 0.29) is 40.6 Å². The Balaban J connectivity index is 1.66. The summed E-state index contributed by atoms with van der Waals surface area (Å²) in [6, 6.07) is 15.1. The number of hydrogen-bond donors (Lipinski definition) is 1. The molecule has 0 radical (unpaired) electrons. The summed E-state index contributed by atoms with van der Waals surface area (Å²) < 4.78 is 27.6. The lowest BCUT2D eigenvalue weighted by atomic mass is 10.0. The highest BCUT2D eigenvalue weighted by Gasteiger charge is 2.57. The van der Waals surface area contributed by atoms with Crippen LogP contribution in [0.1, 0.15) is 15.9 Å². The molecule has 1 N–H and O–H groups in total. The second kappa shape index (κ2) is 6.05. The number of fused-ring (bicyclic) bond motifs is 1. The third-order valence-electron chi connectivity index (χ3n) is 5.33. The van der Waals surface area contributed by atoms with Crippen LogP contribution in [0.3, 0.4) is 0 Å². The van der Waals surface area contributed by atoms with Gasteiger partial charge in [0, 0.05) is 30.8 Å². The fourth-order valence-corrected chi connectivity index (χ4v) is 5.55. The zero-order chi connectivity index (χ0) is 17.6. The minimum atomic E-state index is -3.73. The van der Waals surface area contributed by atoms with Gasteiger partial charge in [-0.2, -0.15) is 4.31 Å². The number of aliphatic hydroxyl groups is 1. The lowest BCUT2D eigenvalue weighted by Crippen LogP contribution is -2.33. The van der Waals surface area contributed by atoms with Gasteiger partial charge in [0.1, 0.15) is 0 Å².